The standard InChI is InChI=1S/C38H51N3O3/c1-5-8-14-32(18-12-17-31(6-2)20-21-34-19-13-25-39-30(34)4)24-26-40-36(27-38(42)43-7-3)35-22-23-37(41-28-35)44-29-33-15-10-9-11-16-33/h6,9-11,14-16,20-24,26,28,36,39-40H,5,7-8,12-13,17-19,25,27,29H2,1-4H3/b21-20-,26-24-,31-6+,32-14+/t36-/m0/s1. The Hall–Kier alpha value is -4.06. The van der Waals surface area contributed by atoms with Gasteiger partial charge in [-0.2, -0.15) is 0 Å². The van der Waals surface area contributed by atoms with Crippen LogP contribution in [0.25, 0.3) is 0 Å². The molecular weight excluding hydrogens is 546 g/mol. The van der Waals surface area contributed by atoms with Gasteiger partial charge in [0.1, 0.15) is 6.61 Å². The van der Waals surface area contributed by atoms with Crippen molar-refractivity contribution in [2.75, 3.05) is 13.2 Å². The van der Waals surface area contributed by atoms with Crippen LogP contribution in [0.5, 0.6) is 5.88 Å². The Morgan fingerprint density at radius 2 is 1.91 bits per heavy atom. The largest absolute Gasteiger partial charge is 0.473 e. The number of nitrogens with zero attached hydrogens (tertiary/aromatic N) is 1. The predicted octanol–water partition coefficient (Wildman–Crippen LogP) is 8.81. The van der Waals surface area contributed by atoms with Crippen LogP contribution < -0.4 is 15.4 Å². The number of aromatic nitrogens is 1. The number of benzene rings is 1. The van der Waals surface area contributed by atoms with E-state index in [-0.39, 0.29) is 18.4 Å². The summed E-state index contributed by atoms with van der Waals surface area (Å²) >= 11 is 0. The van der Waals surface area contributed by atoms with Gasteiger partial charge in [-0.3, -0.25) is 4.79 Å². The summed E-state index contributed by atoms with van der Waals surface area (Å²) in [5, 5.41) is 6.92. The molecule has 0 amide bonds. The van der Waals surface area contributed by atoms with Crippen LogP contribution >= 0.6 is 0 Å². The van der Waals surface area contributed by atoms with E-state index in [9.17, 15) is 4.79 Å². The number of rotatable bonds is 18. The summed E-state index contributed by atoms with van der Waals surface area (Å²) in [5.41, 5.74) is 7.36. The van der Waals surface area contributed by atoms with E-state index in [4.69, 9.17) is 9.47 Å². The Balaban J connectivity index is 1.60. The molecule has 3 rings (SSSR count). The number of nitrogens with one attached hydrogen (secondary N) is 2. The molecule has 1 aliphatic rings. The number of ether oxygens (including phenoxy) is 2. The molecule has 0 unspecified atom stereocenters. The van der Waals surface area contributed by atoms with Gasteiger partial charge in [0.25, 0.3) is 0 Å². The molecule has 236 valence electrons. The van der Waals surface area contributed by atoms with Crippen molar-refractivity contribution in [2.24, 2.45) is 0 Å². The highest BCUT2D eigenvalue weighted by Gasteiger charge is 2.16. The number of allylic oxidation sites excluding steroid dienone is 9. The van der Waals surface area contributed by atoms with Crippen LogP contribution in [0.2, 0.25) is 0 Å². The molecule has 0 aliphatic carbocycles. The zero-order chi connectivity index (χ0) is 31.4. The van der Waals surface area contributed by atoms with E-state index in [1.807, 2.05) is 55.6 Å². The highest BCUT2D eigenvalue weighted by molar-refractivity contribution is 5.70. The summed E-state index contributed by atoms with van der Waals surface area (Å²) in [6, 6.07) is 13.6. The minimum Gasteiger partial charge on any atom is -0.473 e. The number of hydrogen-bond donors (Lipinski definition) is 2. The van der Waals surface area contributed by atoms with Gasteiger partial charge in [0.15, 0.2) is 0 Å². The van der Waals surface area contributed by atoms with Crippen LogP contribution in [-0.2, 0) is 16.1 Å². The maximum absolute atomic E-state index is 12.4. The maximum atomic E-state index is 12.4. The van der Waals surface area contributed by atoms with E-state index >= 15 is 0 Å². The van der Waals surface area contributed by atoms with Gasteiger partial charge in [-0.15, -0.1) is 0 Å². The molecule has 1 aromatic heterocycles. The summed E-state index contributed by atoms with van der Waals surface area (Å²) in [6.07, 6.45) is 22.8. The minimum atomic E-state index is -0.264. The summed E-state index contributed by atoms with van der Waals surface area (Å²) in [7, 11) is 0. The molecule has 0 saturated heterocycles. The van der Waals surface area contributed by atoms with Crippen molar-refractivity contribution in [3.05, 3.63) is 119 Å². The normalized spacial score (nSPS) is 15.0. The first-order chi connectivity index (χ1) is 21.5. The molecule has 2 heterocycles. The zero-order valence-corrected chi connectivity index (χ0v) is 27.1. The van der Waals surface area contributed by atoms with Crippen LogP contribution in [0.15, 0.2) is 108 Å². The molecule has 2 N–H and O–H groups in total. The van der Waals surface area contributed by atoms with Crippen molar-refractivity contribution in [3.63, 3.8) is 0 Å². The lowest BCUT2D eigenvalue weighted by molar-refractivity contribution is -0.143. The molecule has 6 heteroatoms. The van der Waals surface area contributed by atoms with Crippen molar-refractivity contribution in [2.45, 2.75) is 91.7 Å². The third kappa shape index (κ3) is 12.7. The predicted molar refractivity (Wildman–Crippen MR) is 181 cm³/mol. The molecule has 1 aromatic carbocycles. The Morgan fingerprint density at radius 1 is 1.09 bits per heavy atom. The van der Waals surface area contributed by atoms with E-state index in [2.05, 4.69) is 66.8 Å². The zero-order valence-electron chi connectivity index (χ0n) is 27.1. The number of esters is 1. The van der Waals surface area contributed by atoms with Crippen LogP contribution in [-0.4, -0.2) is 24.1 Å². The van der Waals surface area contributed by atoms with E-state index in [1.54, 1.807) is 6.20 Å². The number of hydrogen-bond acceptors (Lipinski definition) is 6. The van der Waals surface area contributed by atoms with Gasteiger partial charge in [0.2, 0.25) is 5.88 Å². The lowest BCUT2D eigenvalue weighted by atomic mass is 9.99. The first-order valence-corrected chi connectivity index (χ1v) is 16.2. The Kier molecular flexibility index (Phi) is 15.6. The third-order valence-corrected chi connectivity index (χ3v) is 7.65. The fraction of sp³-hybridized carbons (Fsp3) is 0.421. The number of carbonyl (C=O) groups is 1. The maximum Gasteiger partial charge on any atom is 0.308 e. The molecular formula is C38H51N3O3. The molecule has 1 aliphatic heterocycles. The Bertz CT molecular complexity index is 1290. The second-order valence-corrected chi connectivity index (χ2v) is 11.1. The summed E-state index contributed by atoms with van der Waals surface area (Å²) in [6.45, 7) is 10.2. The highest BCUT2D eigenvalue weighted by atomic mass is 16.5. The van der Waals surface area contributed by atoms with Crippen LogP contribution in [0.1, 0.15) is 96.2 Å². The average Bonchev–Trinajstić information content (AvgIpc) is 3.05. The second-order valence-electron chi connectivity index (χ2n) is 11.1. The average molecular weight is 598 g/mol. The van der Waals surface area contributed by atoms with Crippen molar-refractivity contribution < 1.29 is 14.3 Å². The van der Waals surface area contributed by atoms with E-state index < -0.39 is 0 Å². The Labute approximate surface area is 265 Å². The molecule has 2 aromatic rings. The lowest BCUT2D eigenvalue weighted by Crippen LogP contribution is -2.21. The monoisotopic (exact) mass is 597 g/mol. The topological polar surface area (TPSA) is 72.5 Å². The molecule has 0 spiro atoms. The quantitative estimate of drug-likeness (QED) is 0.132. The summed E-state index contributed by atoms with van der Waals surface area (Å²) < 4.78 is 11.1. The minimum absolute atomic E-state index is 0.209. The molecule has 0 saturated carbocycles. The lowest BCUT2D eigenvalue weighted by Gasteiger charge is -2.17. The van der Waals surface area contributed by atoms with Gasteiger partial charge >= 0.3 is 5.97 Å². The van der Waals surface area contributed by atoms with Crippen molar-refractivity contribution in [3.8, 4) is 5.88 Å². The van der Waals surface area contributed by atoms with E-state index in [0.717, 1.165) is 56.2 Å². The summed E-state index contributed by atoms with van der Waals surface area (Å²) in [5.74, 6) is 0.303. The van der Waals surface area contributed by atoms with Gasteiger partial charge < -0.3 is 20.1 Å². The number of unbranched alkanes of at least 4 members (excludes halogenated alkanes) is 1. The van der Waals surface area contributed by atoms with Crippen LogP contribution in [0.3, 0.4) is 0 Å². The molecule has 0 bridgehead atoms. The number of pyridine rings is 1. The molecule has 44 heavy (non-hydrogen) atoms. The Morgan fingerprint density at radius 3 is 2.61 bits per heavy atom. The van der Waals surface area contributed by atoms with Gasteiger partial charge in [0.05, 0.1) is 19.1 Å². The molecule has 0 radical (unpaired) electrons. The highest BCUT2D eigenvalue weighted by Crippen LogP contribution is 2.22. The molecule has 6 nitrogen and oxygen atoms in total. The second kappa shape index (κ2) is 20.0. The van der Waals surface area contributed by atoms with E-state index in [1.165, 1.54) is 28.8 Å². The summed E-state index contributed by atoms with van der Waals surface area (Å²) in [4.78, 5) is 16.9. The third-order valence-electron chi connectivity index (χ3n) is 7.65. The van der Waals surface area contributed by atoms with Crippen molar-refractivity contribution >= 4 is 5.97 Å². The van der Waals surface area contributed by atoms with Gasteiger partial charge in [-0.1, -0.05) is 85.2 Å². The van der Waals surface area contributed by atoms with Crippen molar-refractivity contribution in [1.82, 2.24) is 15.6 Å². The fourth-order valence-electron chi connectivity index (χ4n) is 5.02. The van der Waals surface area contributed by atoms with E-state index in [0.29, 0.717) is 19.1 Å². The fourth-order valence-corrected chi connectivity index (χ4v) is 5.02. The molecule has 0 fully saturated rings. The van der Waals surface area contributed by atoms with Gasteiger partial charge in [-0.25, -0.2) is 4.98 Å². The smallest absolute Gasteiger partial charge is 0.308 e. The van der Waals surface area contributed by atoms with Crippen LogP contribution in [0, 0.1) is 0 Å². The van der Waals surface area contributed by atoms with Gasteiger partial charge in [0, 0.05) is 24.5 Å². The molecule has 1 atom stereocenters. The van der Waals surface area contributed by atoms with Crippen molar-refractivity contribution in [1.29, 1.82) is 0 Å². The van der Waals surface area contributed by atoms with Gasteiger partial charge in [-0.05, 0) is 88.3 Å². The first kappa shape index (κ1) is 34.4. The SMILES string of the molecule is C/C=C(/C=C\C1=C(C)NCCC1)CCCC(/C=C\N[C@@H](CC(=O)OCC)c1ccc(OCc2ccccc2)nc1)=C\CCC. The number of carbonyl (C=O) groups excluding carboxylic acids is 1. The van der Waals surface area contributed by atoms with Crippen LogP contribution in [0.4, 0.5) is 0 Å². The first-order valence-electron chi connectivity index (χ1n) is 16.2.